The Bertz CT molecular complexity index is 161. The molecule has 0 bridgehead atoms. The van der Waals surface area contributed by atoms with Crippen molar-refractivity contribution in [3.05, 3.63) is 0 Å². The number of thioether (sulfide) groups is 1. The summed E-state index contributed by atoms with van der Waals surface area (Å²) in [4.78, 5) is 10.8. The first-order chi connectivity index (χ1) is 4.27. The van der Waals surface area contributed by atoms with Crippen LogP contribution in [0.5, 0.6) is 0 Å². The van der Waals surface area contributed by atoms with Gasteiger partial charge < -0.3 is 10.4 Å². The number of nitrogens with one attached hydrogen (secondary N) is 1. The highest BCUT2D eigenvalue weighted by Gasteiger charge is 2.48. The Hall–Kier alpha value is -0.220. The Balaban J connectivity index is 2.07. The summed E-state index contributed by atoms with van der Waals surface area (Å²) in [6.07, 6.45) is 0.952. The Morgan fingerprint density at radius 1 is 1.78 bits per heavy atom. The molecule has 1 amide bonds. The Labute approximate surface area is 56.8 Å². The number of hydrogen-bond donors (Lipinski definition) is 2. The molecular formula is C5H7NO2S. The van der Waals surface area contributed by atoms with E-state index in [4.69, 9.17) is 5.11 Å². The first-order valence-corrected chi connectivity index (χ1v) is 3.85. The van der Waals surface area contributed by atoms with E-state index in [0.29, 0.717) is 5.25 Å². The highest BCUT2D eigenvalue weighted by molar-refractivity contribution is 8.00. The number of aliphatic hydroxyl groups is 1. The van der Waals surface area contributed by atoms with E-state index in [9.17, 15) is 4.79 Å². The van der Waals surface area contributed by atoms with Crippen LogP contribution in [0.25, 0.3) is 0 Å². The van der Waals surface area contributed by atoms with Crippen LogP contribution >= 0.6 is 11.8 Å². The van der Waals surface area contributed by atoms with E-state index >= 15 is 0 Å². The SMILES string of the molecule is O=C1NC(O)SC2CC12. The zero-order chi connectivity index (χ0) is 6.43. The van der Waals surface area contributed by atoms with Gasteiger partial charge in [-0.2, -0.15) is 0 Å². The largest absolute Gasteiger partial charge is 0.365 e. The van der Waals surface area contributed by atoms with Crippen molar-refractivity contribution in [1.29, 1.82) is 0 Å². The van der Waals surface area contributed by atoms with Gasteiger partial charge in [0.25, 0.3) is 0 Å². The van der Waals surface area contributed by atoms with Crippen molar-refractivity contribution in [3.8, 4) is 0 Å². The molecule has 3 atom stereocenters. The fraction of sp³-hybridized carbons (Fsp3) is 0.800. The normalized spacial score (nSPS) is 47.7. The third-order valence-electron chi connectivity index (χ3n) is 1.64. The van der Waals surface area contributed by atoms with Crippen LogP contribution in [0, 0.1) is 5.92 Å². The molecule has 0 aromatic rings. The Morgan fingerprint density at radius 2 is 2.56 bits per heavy atom. The minimum absolute atomic E-state index is 0.0197. The number of fused-ring (bicyclic) bond motifs is 1. The first kappa shape index (κ1) is 5.56. The van der Waals surface area contributed by atoms with E-state index in [1.165, 1.54) is 11.8 Å². The lowest BCUT2D eigenvalue weighted by Crippen LogP contribution is -2.37. The van der Waals surface area contributed by atoms with Crippen molar-refractivity contribution in [3.63, 3.8) is 0 Å². The average molecular weight is 145 g/mol. The van der Waals surface area contributed by atoms with Gasteiger partial charge in [0.1, 0.15) is 0 Å². The van der Waals surface area contributed by atoms with Crippen molar-refractivity contribution in [2.24, 2.45) is 5.92 Å². The maximum atomic E-state index is 10.8. The van der Waals surface area contributed by atoms with Gasteiger partial charge in [-0.15, -0.1) is 11.8 Å². The quantitative estimate of drug-likeness (QED) is 0.483. The molecule has 2 fully saturated rings. The summed E-state index contributed by atoms with van der Waals surface area (Å²) in [6.45, 7) is 0. The molecule has 0 aromatic heterocycles. The number of amides is 1. The standard InChI is InChI=1S/C5H7NO2S/c7-4-2-1-3(2)9-5(8)6-4/h2-3,5,8H,1H2,(H,6,7). The second-order valence-electron chi connectivity index (χ2n) is 2.38. The maximum absolute atomic E-state index is 10.8. The van der Waals surface area contributed by atoms with Crippen molar-refractivity contribution < 1.29 is 9.90 Å². The lowest BCUT2D eigenvalue weighted by molar-refractivity contribution is -0.124. The van der Waals surface area contributed by atoms with Crippen LogP contribution in [-0.4, -0.2) is 21.8 Å². The Morgan fingerprint density at radius 3 is 3.22 bits per heavy atom. The molecule has 1 saturated heterocycles. The molecule has 3 unspecified atom stereocenters. The summed E-state index contributed by atoms with van der Waals surface area (Å²) in [5, 5.41) is 11.8. The molecule has 4 heteroatoms. The molecule has 2 rings (SSSR count). The highest BCUT2D eigenvalue weighted by atomic mass is 32.2. The summed E-state index contributed by atoms with van der Waals surface area (Å²) in [5.41, 5.74) is -0.652. The molecule has 0 spiro atoms. The van der Waals surface area contributed by atoms with Gasteiger partial charge in [-0.05, 0) is 6.42 Å². The van der Waals surface area contributed by atoms with Crippen LogP contribution in [-0.2, 0) is 4.79 Å². The lowest BCUT2D eigenvalue weighted by atomic mass is 10.4. The smallest absolute Gasteiger partial charge is 0.226 e. The fourth-order valence-electron chi connectivity index (χ4n) is 1.03. The zero-order valence-corrected chi connectivity index (χ0v) is 5.52. The van der Waals surface area contributed by atoms with Crippen LogP contribution < -0.4 is 5.32 Å². The van der Waals surface area contributed by atoms with Gasteiger partial charge in [0.05, 0.1) is 5.92 Å². The molecule has 1 heterocycles. The molecule has 2 aliphatic rings. The van der Waals surface area contributed by atoms with Gasteiger partial charge in [0, 0.05) is 5.25 Å². The average Bonchev–Trinajstić information content (AvgIpc) is 2.43. The van der Waals surface area contributed by atoms with Crippen LogP contribution in [0.3, 0.4) is 0 Å². The molecule has 2 N–H and O–H groups in total. The summed E-state index contributed by atoms with van der Waals surface area (Å²) >= 11 is 1.44. The summed E-state index contributed by atoms with van der Waals surface area (Å²) in [6, 6.07) is 0. The molecule has 0 radical (unpaired) electrons. The van der Waals surface area contributed by atoms with E-state index in [1.807, 2.05) is 0 Å². The highest BCUT2D eigenvalue weighted by Crippen LogP contribution is 2.45. The molecule has 0 aromatic carbocycles. The van der Waals surface area contributed by atoms with Gasteiger partial charge in [-0.25, -0.2) is 0 Å². The van der Waals surface area contributed by atoms with Crippen molar-refractivity contribution in [1.82, 2.24) is 5.32 Å². The van der Waals surface area contributed by atoms with Crippen molar-refractivity contribution >= 4 is 17.7 Å². The molecule has 1 saturated carbocycles. The number of carbonyl (C=O) groups is 1. The van der Waals surface area contributed by atoms with Crippen molar-refractivity contribution in [2.45, 2.75) is 17.2 Å². The second-order valence-corrected chi connectivity index (χ2v) is 3.70. The number of carbonyl (C=O) groups excluding carboxylic acids is 1. The summed E-state index contributed by atoms with van der Waals surface area (Å²) < 4.78 is 0. The second kappa shape index (κ2) is 1.64. The number of rotatable bonds is 0. The molecule has 1 aliphatic carbocycles. The molecule has 50 valence electrons. The van der Waals surface area contributed by atoms with Crippen molar-refractivity contribution in [2.75, 3.05) is 0 Å². The predicted octanol–water partition coefficient (Wildman–Crippen LogP) is -0.486. The van der Waals surface area contributed by atoms with Crippen LogP contribution in [0.1, 0.15) is 6.42 Å². The molecular weight excluding hydrogens is 138 g/mol. The zero-order valence-electron chi connectivity index (χ0n) is 4.70. The van der Waals surface area contributed by atoms with Gasteiger partial charge in [0.15, 0.2) is 5.56 Å². The fourth-order valence-corrected chi connectivity index (χ4v) is 2.17. The van der Waals surface area contributed by atoms with E-state index < -0.39 is 5.56 Å². The molecule has 9 heavy (non-hydrogen) atoms. The minimum atomic E-state index is -0.652. The van der Waals surface area contributed by atoms with Gasteiger partial charge in [0.2, 0.25) is 5.91 Å². The van der Waals surface area contributed by atoms with E-state index in [0.717, 1.165) is 6.42 Å². The summed E-state index contributed by atoms with van der Waals surface area (Å²) in [7, 11) is 0. The third-order valence-corrected chi connectivity index (χ3v) is 2.88. The van der Waals surface area contributed by atoms with Crippen LogP contribution in [0.4, 0.5) is 0 Å². The topological polar surface area (TPSA) is 49.3 Å². The lowest BCUT2D eigenvalue weighted by Gasteiger charge is -2.16. The Kier molecular flexibility index (Phi) is 1.01. The van der Waals surface area contributed by atoms with E-state index in [1.54, 1.807) is 0 Å². The van der Waals surface area contributed by atoms with Gasteiger partial charge in [-0.1, -0.05) is 0 Å². The molecule has 3 nitrogen and oxygen atoms in total. The number of aliphatic hydroxyl groups excluding tert-OH is 1. The van der Waals surface area contributed by atoms with Crippen LogP contribution in [0.15, 0.2) is 0 Å². The van der Waals surface area contributed by atoms with E-state index in [2.05, 4.69) is 5.32 Å². The van der Waals surface area contributed by atoms with Gasteiger partial charge in [-0.3, -0.25) is 4.79 Å². The third kappa shape index (κ3) is 0.822. The minimum Gasteiger partial charge on any atom is -0.365 e. The van der Waals surface area contributed by atoms with Crippen LogP contribution in [0.2, 0.25) is 0 Å². The van der Waals surface area contributed by atoms with Gasteiger partial charge >= 0.3 is 0 Å². The predicted molar refractivity (Wildman–Crippen MR) is 33.6 cm³/mol. The summed E-state index contributed by atoms with van der Waals surface area (Å²) in [5.74, 6) is 0.227. The maximum Gasteiger partial charge on any atom is 0.226 e. The molecule has 1 aliphatic heterocycles. The monoisotopic (exact) mass is 145 g/mol. The van der Waals surface area contributed by atoms with E-state index in [-0.39, 0.29) is 11.8 Å². The number of hydrogen-bond acceptors (Lipinski definition) is 3. The first-order valence-electron chi connectivity index (χ1n) is 2.91.